The lowest BCUT2D eigenvalue weighted by atomic mass is 10.1. The lowest BCUT2D eigenvalue weighted by molar-refractivity contribution is -0.00779. The summed E-state index contributed by atoms with van der Waals surface area (Å²) in [6.07, 6.45) is 0. The Hall–Kier alpha value is -0.890. The quantitative estimate of drug-likeness (QED) is 0.844. The van der Waals surface area contributed by atoms with E-state index in [1.54, 1.807) is 13.8 Å². The van der Waals surface area contributed by atoms with Crippen LogP contribution in [0.5, 0.6) is 0 Å². The first kappa shape index (κ1) is 15.5. The van der Waals surface area contributed by atoms with Gasteiger partial charge in [0.05, 0.1) is 23.8 Å². The Morgan fingerprint density at radius 3 is 2.70 bits per heavy atom. The average molecular weight is 323 g/mol. The third-order valence-electron chi connectivity index (χ3n) is 3.15. The summed E-state index contributed by atoms with van der Waals surface area (Å²) >= 11 is 5.67. The van der Waals surface area contributed by atoms with E-state index in [1.807, 2.05) is 0 Å². The van der Waals surface area contributed by atoms with Crippen molar-refractivity contribution in [3.8, 4) is 0 Å². The fraction of sp³-hybridized carbons (Fsp3) is 0.500. The molecule has 1 aliphatic heterocycles. The van der Waals surface area contributed by atoms with Crippen molar-refractivity contribution in [3.63, 3.8) is 0 Å². The van der Waals surface area contributed by atoms with E-state index in [0.29, 0.717) is 0 Å². The van der Waals surface area contributed by atoms with Crippen LogP contribution in [0, 0.1) is 5.82 Å². The van der Waals surface area contributed by atoms with Crippen molar-refractivity contribution in [2.75, 3.05) is 25.5 Å². The molecule has 0 amide bonds. The van der Waals surface area contributed by atoms with Gasteiger partial charge in [-0.25, -0.2) is 12.8 Å². The molecule has 2 rings (SSSR count). The molecule has 1 heterocycles. The molecule has 1 saturated heterocycles. The maximum Gasteiger partial charge on any atom is 0.246 e. The van der Waals surface area contributed by atoms with Gasteiger partial charge in [0.1, 0.15) is 4.90 Å². The topological polar surface area (TPSA) is 72.6 Å². The number of ether oxygens (including phenoxy) is 1. The Bertz CT molecular complexity index is 634. The predicted octanol–water partition coefficient (Wildman–Crippen LogP) is 1.86. The lowest BCUT2D eigenvalue weighted by Gasteiger charge is -2.40. The molecule has 0 spiro atoms. The zero-order valence-electron chi connectivity index (χ0n) is 11.2. The van der Waals surface area contributed by atoms with Crippen LogP contribution in [-0.2, 0) is 14.8 Å². The first-order valence-electron chi connectivity index (χ1n) is 6.01. The molecule has 2 N–H and O–H groups in total. The third kappa shape index (κ3) is 2.63. The third-order valence-corrected chi connectivity index (χ3v) is 5.54. The second-order valence-electron chi connectivity index (χ2n) is 5.26. The maximum atomic E-state index is 14.1. The van der Waals surface area contributed by atoms with E-state index in [2.05, 4.69) is 0 Å². The van der Waals surface area contributed by atoms with Gasteiger partial charge in [0.2, 0.25) is 10.0 Å². The Kier molecular flexibility index (Phi) is 3.98. The number of sulfonamides is 1. The van der Waals surface area contributed by atoms with E-state index in [9.17, 15) is 12.8 Å². The average Bonchev–Trinajstić information content (AvgIpc) is 2.32. The van der Waals surface area contributed by atoms with Crippen molar-refractivity contribution in [1.29, 1.82) is 0 Å². The molecular formula is C12H16ClFN2O3S. The highest BCUT2D eigenvalue weighted by Crippen LogP contribution is 2.32. The summed E-state index contributed by atoms with van der Waals surface area (Å²) in [7, 11) is -4.03. The fourth-order valence-corrected chi connectivity index (χ4v) is 4.34. The smallest absolute Gasteiger partial charge is 0.246 e. The zero-order valence-corrected chi connectivity index (χ0v) is 12.8. The Labute approximate surface area is 122 Å². The van der Waals surface area contributed by atoms with E-state index < -0.39 is 26.3 Å². The van der Waals surface area contributed by atoms with Gasteiger partial charge in [-0.15, -0.1) is 0 Å². The van der Waals surface area contributed by atoms with Gasteiger partial charge in [-0.1, -0.05) is 11.6 Å². The monoisotopic (exact) mass is 322 g/mol. The minimum atomic E-state index is -4.03. The number of nitrogen functional groups attached to an aromatic ring is 1. The molecule has 5 nitrogen and oxygen atoms in total. The van der Waals surface area contributed by atoms with Gasteiger partial charge in [-0.05, 0) is 26.0 Å². The summed E-state index contributed by atoms with van der Waals surface area (Å²) in [5, 5.41) is -0.311. The lowest BCUT2D eigenvalue weighted by Crippen LogP contribution is -2.55. The van der Waals surface area contributed by atoms with Gasteiger partial charge in [0, 0.05) is 12.2 Å². The zero-order chi connectivity index (χ0) is 15.1. The highest BCUT2D eigenvalue weighted by molar-refractivity contribution is 7.89. The van der Waals surface area contributed by atoms with Gasteiger partial charge in [0.25, 0.3) is 0 Å². The Balaban J connectivity index is 2.56. The number of anilines is 1. The molecule has 20 heavy (non-hydrogen) atoms. The van der Waals surface area contributed by atoms with E-state index in [1.165, 1.54) is 10.4 Å². The van der Waals surface area contributed by atoms with Crippen molar-refractivity contribution < 1.29 is 17.5 Å². The standard InChI is InChI=1S/C12H16ClFN2O3S/c1-12(2)7-19-4-3-16(12)20(17,18)10-6-8(15)5-9(13)11(10)14/h5-6H,3-4,7,15H2,1-2H3. The van der Waals surface area contributed by atoms with Crippen LogP contribution in [0.15, 0.2) is 17.0 Å². The van der Waals surface area contributed by atoms with E-state index >= 15 is 0 Å². The SMILES string of the molecule is CC1(C)COCCN1S(=O)(=O)c1cc(N)cc(Cl)c1F. The number of hydrogen-bond donors (Lipinski definition) is 1. The molecule has 0 aromatic heterocycles. The first-order valence-corrected chi connectivity index (χ1v) is 7.83. The van der Waals surface area contributed by atoms with Crippen molar-refractivity contribution in [3.05, 3.63) is 23.0 Å². The molecular weight excluding hydrogens is 307 g/mol. The van der Waals surface area contributed by atoms with Gasteiger partial charge in [0.15, 0.2) is 5.82 Å². The molecule has 1 aromatic carbocycles. The minimum Gasteiger partial charge on any atom is -0.399 e. The molecule has 1 aliphatic rings. The summed E-state index contributed by atoms with van der Waals surface area (Å²) in [6.45, 7) is 4.09. The number of nitrogens with two attached hydrogens (primary N) is 1. The largest absolute Gasteiger partial charge is 0.399 e. The second-order valence-corrected chi connectivity index (χ2v) is 7.49. The number of nitrogens with zero attached hydrogens (tertiary/aromatic N) is 1. The first-order chi connectivity index (χ1) is 9.16. The summed E-state index contributed by atoms with van der Waals surface area (Å²) < 4.78 is 45.8. The van der Waals surface area contributed by atoms with Gasteiger partial charge in [-0.2, -0.15) is 4.31 Å². The van der Waals surface area contributed by atoms with Crippen molar-refractivity contribution >= 4 is 27.3 Å². The molecule has 0 atom stereocenters. The maximum absolute atomic E-state index is 14.1. The minimum absolute atomic E-state index is 0.0982. The number of hydrogen-bond acceptors (Lipinski definition) is 4. The molecule has 8 heteroatoms. The Morgan fingerprint density at radius 2 is 2.10 bits per heavy atom. The second kappa shape index (κ2) is 5.14. The van der Waals surface area contributed by atoms with E-state index in [-0.39, 0.29) is 30.5 Å². The van der Waals surface area contributed by atoms with Crippen LogP contribution in [0.4, 0.5) is 10.1 Å². The predicted molar refractivity (Wildman–Crippen MR) is 74.6 cm³/mol. The number of rotatable bonds is 2. The van der Waals surface area contributed by atoms with Crippen molar-refractivity contribution in [1.82, 2.24) is 4.31 Å². The fourth-order valence-electron chi connectivity index (χ4n) is 2.18. The van der Waals surface area contributed by atoms with Crippen LogP contribution < -0.4 is 5.73 Å². The van der Waals surface area contributed by atoms with Crippen LogP contribution in [0.2, 0.25) is 5.02 Å². The number of halogens is 2. The highest BCUT2D eigenvalue weighted by Gasteiger charge is 2.41. The van der Waals surface area contributed by atoms with Crippen molar-refractivity contribution in [2.45, 2.75) is 24.3 Å². The van der Waals surface area contributed by atoms with Gasteiger partial charge in [-0.3, -0.25) is 0 Å². The number of benzene rings is 1. The summed E-state index contributed by atoms with van der Waals surface area (Å²) in [5.74, 6) is -0.983. The molecule has 1 fully saturated rings. The highest BCUT2D eigenvalue weighted by atomic mass is 35.5. The molecule has 0 unspecified atom stereocenters. The summed E-state index contributed by atoms with van der Waals surface area (Å²) in [4.78, 5) is -0.502. The Morgan fingerprint density at radius 1 is 1.45 bits per heavy atom. The van der Waals surface area contributed by atoms with Gasteiger partial charge < -0.3 is 10.5 Å². The van der Waals surface area contributed by atoms with Crippen molar-refractivity contribution in [2.24, 2.45) is 0 Å². The molecule has 112 valence electrons. The molecule has 0 radical (unpaired) electrons. The molecule has 0 aliphatic carbocycles. The van der Waals surface area contributed by atoms with E-state index in [4.69, 9.17) is 22.1 Å². The normalized spacial score (nSPS) is 20.0. The van der Waals surface area contributed by atoms with Crippen LogP contribution >= 0.6 is 11.6 Å². The summed E-state index contributed by atoms with van der Waals surface area (Å²) in [5.41, 5.74) is 4.90. The van der Waals surface area contributed by atoms with Crippen LogP contribution in [-0.4, -0.2) is 38.0 Å². The van der Waals surface area contributed by atoms with E-state index in [0.717, 1.165) is 6.07 Å². The molecule has 1 aromatic rings. The van der Waals surface area contributed by atoms with Crippen LogP contribution in [0.25, 0.3) is 0 Å². The summed E-state index contributed by atoms with van der Waals surface area (Å²) in [6, 6.07) is 2.27. The molecule has 0 saturated carbocycles. The van der Waals surface area contributed by atoms with Crippen LogP contribution in [0.3, 0.4) is 0 Å². The number of morpholine rings is 1. The van der Waals surface area contributed by atoms with Gasteiger partial charge >= 0.3 is 0 Å². The molecule has 0 bridgehead atoms. The van der Waals surface area contributed by atoms with Crippen LogP contribution in [0.1, 0.15) is 13.8 Å².